The van der Waals surface area contributed by atoms with Crippen LogP contribution in [0.1, 0.15) is 17.3 Å². The predicted octanol–water partition coefficient (Wildman–Crippen LogP) is 2.89. The van der Waals surface area contributed by atoms with Crippen LogP contribution in [0.4, 0.5) is 28.8 Å². The minimum Gasteiger partial charge on any atom is -0.494 e. The van der Waals surface area contributed by atoms with E-state index >= 15 is 0 Å². The molecule has 0 bridgehead atoms. The lowest BCUT2D eigenvalue weighted by Crippen LogP contribution is -2.49. The first-order valence-electron chi connectivity index (χ1n) is 13.1. The molecule has 1 saturated heterocycles. The number of sulfonamides is 1. The lowest BCUT2D eigenvalue weighted by Gasteiger charge is -2.34. The lowest BCUT2D eigenvalue weighted by molar-refractivity contribution is -0.130. The monoisotopic (exact) mass is 616 g/mol. The number of carbonyl (C=O) groups excluding carboxylic acids is 2. The molecule has 1 fully saturated rings. The molecule has 4 N–H and O–H groups in total. The molecule has 0 radical (unpaired) electrons. The second kappa shape index (κ2) is 13.7. The number of rotatable bonds is 11. The number of methoxy groups -OCH3 is 1. The molecule has 1 aliphatic rings. The van der Waals surface area contributed by atoms with Gasteiger partial charge >= 0.3 is 0 Å². The van der Waals surface area contributed by atoms with Gasteiger partial charge in [-0.15, -0.1) is 0 Å². The van der Waals surface area contributed by atoms with Crippen LogP contribution in [0, 0.1) is 0 Å². The molecule has 3 aromatic rings. The first kappa shape index (κ1) is 30.8. The van der Waals surface area contributed by atoms with Crippen LogP contribution in [0.3, 0.4) is 0 Å². The van der Waals surface area contributed by atoms with E-state index in [-0.39, 0.29) is 34.4 Å². The minimum absolute atomic E-state index is 0.0270. The Morgan fingerprint density at radius 1 is 1.05 bits per heavy atom. The van der Waals surface area contributed by atoms with Crippen molar-refractivity contribution in [1.29, 1.82) is 0 Å². The maximum Gasteiger partial charge on any atom is 0.253 e. The minimum atomic E-state index is -3.64. The number of amides is 2. The Balaban J connectivity index is 1.42. The van der Waals surface area contributed by atoms with Crippen molar-refractivity contribution in [2.45, 2.75) is 6.92 Å². The highest BCUT2D eigenvalue weighted by molar-refractivity contribution is 7.92. The van der Waals surface area contributed by atoms with E-state index in [1.54, 1.807) is 54.4 Å². The Morgan fingerprint density at radius 3 is 2.48 bits per heavy atom. The molecule has 4 rings (SSSR count). The van der Waals surface area contributed by atoms with Gasteiger partial charge in [0.05, 0.1) is 41.7 Å². The smallest absolute Gasteiger partial charge is 0.253 e. The van der Waals surface area contributed by atoms with Gasteiger partial charge in [0.2, 0.25) is 21.9 Å². The molecule has 0 unspecified atom stereocenters. The molecule has 2 amide bonds. The van der Waals surface area contributed by atoms with Gasteiger partial charge in [0.1, 0.15) is 10.8 Å². The van der Waals surface area contributed by atoms with Gasteiger partial charge in [-0.1, -0.05) is 23.7 Å². The molecule has 15 heteroatoms. The van der Waals surface area contributed by atoms with Crippen LogP contribution in [0.15, 0.2) is 48.7 Å². The fourth-order valence-electron chi connectivity index (χ4n) is 4.31. The maximum atomic E-state index is 12.8. The average molecular weight is 617 g/mol. The highest BCUT2D eigenvalue weighted by Gasteiger charge is 2.21. The van der Waals surface area contributed by atoms with Crippen LogP contribution in [0.2, 0.25) is 5.02 Å². The van der Waals surface area contributed by atoms with E-state index in [0.717, 1.165) is 0 Å². The van der Waals surface area contributed by atoms with E-state index in [2.05, 4.69) is 30.6 Å². The lowest BCUT2D eigenvalue weighted by atomic mass is 10.1. The molecule has 1 aliphatic heterocycles. The number of anilines is 5. The fraction of sp³-hybridized carbons (Fsp3) is 0.333. The first-order chi connectivity index (χ1) is 20.1. The van der Waals surface area contributed by atoms with Crippen LogP contribution in [-0.4, -0.2) is 92.6 Å². The second-order valence-electron chi connectivity index (χ2n) is 9.45. The van der Waals surface area contributed by atoms with Crippen molar-refractivity contribution in [3.05, 3.63) is 59.2 Å². The number of ether oxygens (including phenoxy) is 1. The van der Waals surface area contributed by atoms with Crippen molar-refractivity contribution in [2.75, 3.05) is 68.0 Å². The summed E-state index contributed by atoms with van der Waals surface area (Å²) in [5.41, 5.74) is 1.75. The molecule has 2 aromatic carbocycles. The summed E-state index contributed by atoms with van der Waals surface area (Å²) in [4.78, 5) is 36.2. The summed E-state index contributed by atoms with van der Waals surface area (Å²) in [6.07, 6.45) is 1.41. The summed E-state index contributed by atoms with van der Waals surface area (Å²) in [6.45, 7) is 4.34. The van der Waals surface area contributed by atoms with Crippen molar-refractivity contribution in [3.63, 3.8) is 0 Å². The highest BCUT2D eigenvalue weighted by Crippen LogP contribution is 2.32. The number of halogens is 1. The zero-order chi connectivity index (χ0) is 30.3. The van der Waals surface area contributed by atoms with E-state index < -0.39 is 10.0 Å². The quantitative estimate of drug-likeness (QED) is 0.252. The topological polar surface area (TPSA) is 158 Å². The number of para-hydroxylation sites is 1. The van der Waals surface area contributed by atoms with Crippen LogP contribution in [0.25, 0.3) is 0 Å². The Hall–Kier alpha value is -4.14. The van der Waals surface area contributed by atoms with Crippen molar-refractivity contribution < 1.29 is 22.7 Å². The maximum absolute atomic E-state index is 12.8. The molecular weight excluding hydrogens is 584 g/mol. The summed E-state index contributed by atoms with van der Waals surface area (Å²) < 4.78 is 33.6. The molecule has 13 nitrogen and oxygen atoms in total. The number of piperazine rings is 1. The standard InChI is InChI=1S/C27H33ClN8O5S/c1-18(37)36-12-10-35(11-13-36)14-15-42(39,40)34-19-8-9-23(24(16-19)41-3)32-27-30-17-21(28)25(33-27)31-22-7-5-4-6-20(22)26(38)29-2/h4-9,16-17,34H,10-15H2,1-3H3,(H,29,38)(H2,30,31,32,33). The van der Waals surface area contributed by atoms with Crippen molar-refractivity contribution in [1.82, 2.24) is 25.1 Å². The predicted molar refractivity (Wildman–Crippen MR) is 163 cm³/mol. The third kappa shape index (κ3) is 7.99. The first-order valence-corrected chi connectivity index (χ1v) is 15.2. The van der Waals surface area contributed by atoms with Crippen LogP contribution in [-0.2, 0) is 14.8 Å². The van der Waals surface area contributed by atoms with E-state index in [4.69, 9.17) is 16.3 Å². The molecular formula is C27H33ClN8O5S. The average Bonchev–Trinajstić information content (AvgIpc) is 2.98. The molecule has 0 saturated carbocycles. The Morgan fingerprint density at radius 2 is 1.79 bits per heavy atom. The van der Waals surface area contributed by atoms with E-state index in [9.17, 15) is 18.0 Å². The van der Waals surface area contributed by atoms with Gasteiger partial charge in [-0.05, 0) is 24.3 Å². The number of carbonyl (C=O) groups is 2. The van der Waals surface area contributed by atoms with Gasteiger partial charge in [-0.25, -0.2) is 13.4 Å². The van der Waals surface area contributed by atoms with Gasteiger partial charge in [0, 0.05) is 52.8 Å². The van der Waals surface area contributed by atoms with Crippen molar-refractivity contribution >= 4 is 62.3 Å². The number of benzene rings is 2. The van der Waals surface area contributed by atoms with Gasteiger partial charge in [-0.3, -0.25) is 19.2 Å². The Labute approximate surface area is 249 Å². The van der Waals surface area contributed by atoms with Gasteiger partial charge in [0.15, 0.2) is 5.82 Å². The van der Waals surface area contributed by atoms with Gasteiger partial charge < -0.3 is 25.6 Å². The molecule has 42 heavy (non-hydrogen) atoms. The zero-order valence-corrected chi connectivity index (χ0v) is 25.1. The number of nitrogens with zero attached hydrogens (tertiary/aromatic N) is 4. The van der Waals surface area contributed by atoms with Gasteiger partial charge in [0.25, 0.3) is 5.91 Å². The normalized spacial score (nSPS) is 13.8. The third-order valence-electron chi connectivity index (χ3n) is 6.61. The molecule has 0 aliphatic carbocycles. The third-order valence-corrected chi connectivity index (χ3v) is 8.15. The SMILES string of the molecule is CNC(=O)c1ccccc1Nc1nc(Nc2ccc(NS(=O)(=O)CCN3CCN(C(C)=O)CC3)cc2OC)ncc1Cl. The molecule has 0 spiro atoms. The largest absolute Gasteiger partial charge is 0.494 e. The highest BCUT2D eigenvalue weighted by atomic mass is 35.5. The van der Waals surface area contributed by atoms with Crippen LogP contribution >= 0.6 is 11.6 Å². The van der Waals surface area contributed by atoms with Crippen molar-refractivity contribution in [3.8, 4) is 5.75 Å². The zero-order valence-electron chi connectivity index (χ0n) is 23.5. The Kier molecular flexibility index (Phi) is 10.0. The van der Waals surface area contributed by atoms with E-state index in [1.165, 1.54) is 20.2 Å². The number of nitrogens with one attached hydrogen (secondary N) is 4. The molecule has 224 valence electrons. The van der Waals surface area contributed by atoms with Crippen molar-refractivity contribution in [2.24, 2.45) is 0 Å². The fourth-order valence-corrected chi connectivity index (χ4v) is 5.54. The van der Waals surface area contributed by atoms with Crippen LogP contribution < -0.4 is 25.4 Å². The van der Waals surface area contributed by atoms with Gasteiger partial charge in [-0.2, -0.15) is 4.98 Å². The summed E-state index contributed by atoms with van der Waals surface area (Å²) in [6, 6.07) is 11.7. The van der Waals surface area contributed by atoms with E-state index in [0.29, 0.717) is 61.1 Å². The molecule has 0 atom stereocenters. The number of hydrogen-bond donors (Lipinski definition) is 4. The number of aromatic nitrogens is 2. The second-order valence-corrected chi connectivity index (χ2v) is 11.7. The summed E-state index contributed by atoms with van der Waals surface area (Å²) >= 11 is 6.33. The molecule has 2 heterocycles. The molecule has 1 aromatic heterocycles. The number of hydrogen-bond acceptors (Lipinski definition) is 10. The summed E-state index contributed by atoms with van der Waals surface area (Å²) in [5.74, 6) is 0.488. The Bertz CT molecular complexity index is 1550. The summed E-state index contributed by atoms with van der Waals surface area (Å²) in [5, 5.41) is 8.97. The summed E-state index contributed by atoms with van der Waals surface area (Å²) in [7, 11) is -0.629. The van der Waals surface area contributed by atoms with E-state index in [1.807, 2.05) is 4.90 Å². The van der Waals surface area contributed by atoms with Crippen LogP contribution in [0.5, 0.6) is 5.75 Å².